The molecule has 0 fully saturated rings. The fourth-order valence-corrected chi connectivity index (χ4v) is 2.04. The van der Waals surface area contributed by atoms with Gasteiger partial charge in [-0.15, -0.1) is 0 Å². The number of carbonyl (C=O) groups is 1. The average Bonchev–Trinajstić information content (AvgIpc) is 2.90. The van der Waals surface area contributed by atoms with Crippen molar-refractivity contribution in [1.82, 2.24) is 0 Å². The van der Waals surface area contributed by atoms with Crippen molar-refractivity contribution in [3.63, 3.8) is 0 Å². The van der Waals surface area contributed by atoms with Gasteiger partial charge in [0.05, 0.1) is 6.26 Å². The van der Waals surface area contributed by atoms with E-state index in [1.54, 1.807) is 48.7 Å². The highest BCUT2D eigenvalue weighted by Gasteiger charge is 2.01. The molecule has 1 aromatic heterocycles. The van der Waals surface area contributed by atoms with Gasteiger partial charge in [-0.25, -0.2) is 0 Å². The Hall–Kier alpha value is -2.14. The summed E-state index contributed by atoms with van der Waals surface area (Å²) in [7, 11) is -1.07. The van der Waals surface area contributed by atoms with Gasteiger partial charge < -0.3 is 9.73 Å². The Kier molecular flexibility index (Phi) is 4.30. The van der Waals surface area contributed by atoms with Gasteiger partial charge in [0.1, 0.15) is 5.76 Å². The molecule has 2 rings (SSSR count). The van der Waals surface area contributed by atoms with Crippen LogP contribution in [0.25, 0.3) is 6.08 Å². The van der Waals surface area contributed by atoms with E-state index < -0.39 is 10.8 Å². The maximum atomic E-state index is 11.7. The molecule has 1 amide bonds. The van der Waals surface area contributed by atoms with E-state index in [4.69, 9.17) is 4.42 Å². The minimum absolute atomic E-state index is 0.268. The molecule has 2 aromatic rings. The number of anilines is 1. The van der Waals surface area contributed by atoms with E-state index in [0.717, 1.165) is 0 Å². The number of hydrogen-bond donors (Lipinski definition) is 1. The topological polar surface area (TPSA) is 59.3 Å². The lowest BCUT2D eigenvalue weighted by Gasteiger charge is -2.03. The van der Waals surface area contributed by atoms with Crippen LogP contribution in [0.4, 0.5) is 5.69 Å². The second-order valence-electron chi connectivity index (χ2n) is 3.82. The molecule has 0 saturated carbocycles. The SMILES string of the molecule is C[S@@](=O)c1cccc(NC(=O)/C=C\c2ccco2)c1. The highest BCUT2D eigenvalue weighted by Crippen LogP contribution is 2.13. The minimum Gasteiger partial charge on any atom is -0.465 e. The van der Waals surface area contributed by atoms with Crippen LogP contribution in [0.15, 0.2) is 58.1 Å². The second-order valence-corrected chi connectivity index (χ2v) is 5.20. The zero-order valence-corrected chi connectivity index (χ0v) is 11.1. The number of nitrogens with one attached hydrogen (secondary N) is 1. The number of carbonyl (C=O) groups excluding carboxylic acids is 1. The summed E-state index contributed by atoms with van der Waals surface area (Å²) < 4.78 is 16.4. The van der Waals surface area contributed by atoms with Gasteiger partial charge in [-0.05, 0) is 36.4 Å². The van der Waals surface area contributed by atoms with E-state index in [-0.39, 0.29) is 5.91 Å². The summed E-state index contributed by atoms with van der Waals surface area (Å²) in [5, 5.41) is 2.70. The maximum Gasteiger partial charge on any atom is 0.248 e. The molecule has 98 valence electrons. The monoisotopic (exact) mass is 275 g/mol. The smallest absolute Gasteiger partial charge is 0.248 e. The first kappa shape index (κ1) is 13.3. The van der Waals surface area contributed by atoms with Crippen LogP contribution in [0.2, 0.25) is 0 Å². The normalized spacial score (nSPS) is 12.5. The lowest BCUT2D eigenvalue weighted by atomic mass is 10.3. The van der Waals surface area contributed by atoms with Crippen molar-refractivity contribution in [2.24, 2.45) is 0 Å². The summed E-state index contributed by atoms with van der Waals surface area (Å²) in [4.78, 5) is 12.3. The van der Waals surface area contributed by atoms with Crippen LogP contribution in [0.1, 0.15) is 5.76 Å². The van der Waals surface area contributed by atoms with Gasteiger partial charge in [0.15, 0.2) is 0 Å². The van der Waals surface area contributed by atoms with E-state index >= 15 is 0 Å². The van der Waals surface area contributed by atoms with Gasteiger partial charge in [0, 0.05) is 33.7 Å². The molecule has 19 heavy (non-hydrogen) atoms. The summed E-state index contributed by atoms with van der Waals surface area (Å²) in [5.41, 5.74) is 0.613. The van der Waals surface area contributed by atoms with E-state index in [9.17, 15) is 9.00 Å². The molecule has 1 N–H and O–H groups in total. The molecular weight excluding hydrogens is 262 g/mol. The summed E-state index contributed by atoms with van der Waals surface area (Å²) in [5.74, 6) is 0.342. The Morgan fingerprint density at radius 2 is 2.16 bits per heavy atom. The largest absolute Gasteiger partial charge is 0.465 e. The van der Waals surface area contributed by atoms with Crippen LogP contribution < -0.4 is 5.32 Å². The Morgan fingerprint density at radius 1 is 1.32 bits per heavy atom. The van der Waals surface area contributed by atoms with Gasteiger partial charge in [-0.1, -0.05) is 6.07 Å². The van der Waals surface area contributed by atoms with Gasteiger partial charge >= 0.3 is 0 Å². The highest BCUT2D eigenvalue weighted by atomic mass is 32.2. The van der Waals surface area contributed by atoms with Crippen LogP contribution in [0, 0.1) is 0 Å². The fraction of sp³-hybridized carbons (Fsp3) is 0.0714. The summed E-state index contributed by atoms with van der Waals surface area (Å²) in [6.07, 6.45) is 6.10. The Morgan fingerprint density at radius 3 is 2.84 bits per heavy atom. The van der Waals surface area contributed by atoms with E-state index in [1.807, 2.05) is 0 Å². The van der Waals surface area contributed by atoms with E-state index in [1.165, 1.54) is 12.3 Å². The van der Waals surface area contributed by atoms with E-state index in [2.05, 4.69) is 5.32 Å². The van der Waals surface area contributed by atoms with Crippen molar-refractivity contribution >= 4 is 28.5 Å². The van der Waals surface area contributed by atoms with Crippen molar-refractivity contribution in [1.29, 1.82) is 0 Å². The summed E-state index contributed by atoms with van der Waals surface area (Å²) in [6, 6.07) is 10.4. The molecule has 0 aliphatic carbocycles. The number of furan rings is 1. The quantitative estimate of drug-likeness (QED) is 0.873. The third-order valence-corrected chi connectivity index (χ3v) is 3.29. The molecular formula is C14H13NO3S. The predicted molar refractivity (Wildman–Crippen MR) is 75.1 cm³/mol. The van der Waals surface area contributed by atoms with Crippen LogP contribution >= 0.6 is 0 Å². The highest BCUT2D eigenvalue weighted by molar-refractivity contribution is 7.84. The fourth-order valence-electron chi connectivity index (χ4n) is 1.48. The van der Waals surface area contributed by atoms with Crippen LogP contribution in [0.5, 0.6) is 0 Å². The van der Waals surface area contributed by atoms with Crippen molar-refractivity contribution in [2.45, 2.75) is 4.90 Å². The maximum absolute atomic E-state index is 11.7. The standard InChI is InChI=1S/C14H13NO3S/c1-19(17)13-6-2-4-11(10-13)15-14(16)8-7-12-5-3-9-18-12/h2-10H,1H3,(H,15,16)/b8-7-/t19-/m1/s1. The summed E-state index contributed by atoms with van der Waals surface area (Å²) in [6.45, 7) is 0. The lowest BCUT2D eigenvalue weighted by Crippen LogP contribution is -2.07. The van der Waals surface area contributed by atoms with Crippen molar-refractivity contribution in [2.75, 3.05) is 11.6 Å². The third-order valence-electron chi connectivity index (χ3n) is 2.38. The van der Waals surface area contributed by atoms with Gasteiger partial charge in [-0.2, -0.15) is 0 Å². The molecule has 0 unspecified atom stereocenters. The molecule has 0 bridgehead atoms. The van der Waals surface area contributed by atoms with Crippen molar-refractivity contribution < 1.29 is 13.4 Å². The van der Waals surface area contributed by atoms with Crippen LogP contribution in [0.3, 0.4) is 0 Å². The van der Waals surface area contributed by atoms with Crippen molar-refractivity contribution in [3.05, 3.63) is 54.5 Å². The number of amides is 1. The van der Waals surface area contributed by atoms with Crippen molar-refractivity contribution in [3.8, 4) is 0 Å². The zero-order chi connectivity index (χ0) is 13.7. The number of hydrogen-bond acceptors (Lipinski definition) is 3. The molecule has 0 aliphatic rings. The lowest BCUT2D eigenvalue weighted by molar-refractivity contribution is -0.111. The molecule has 0 saturated heterocycles. The Bertz CT molecular complexity index is 617. The predicted octanol–water partition coefficient (Wildman–Crippen LogP) is 2.67. The number of rotatable bonds is 4. The second kappa shape index (κ2) is 6.15. The molecule has 0 aliphatic heterocycles. The van der Waals surface area contributed by atoms with E-state index in [0.29, 0.717) is 16.3 Å². The zero-order valence-electron chi connectivity index (χ0n) is 10.3. The molecule has 1 aromatic carbocycles. The molecule has 5 heteroatoms. The molecule has 1 atom stereocenters. The molecule has 1 heterocycles. The Balaban J connectivity index is 2.03. The molecule has 4 nitrogen and oxygen atoms in total. The van der Waals surface area contributed by atoms with Gasteiger partial charge in [0.25, 0.3) is 0 Å². The average molecular weight is 275 g/mol. The first-order valence-electron chi connectivity index (χ1n) is 5.61. The first-order valence-corrected chi connectivity index (χ1v) is 7.17. The van der Waals surface area contributed by atoms with Crippen LogP contribution in [-0.4, -0.2) is 16.4 Å². The Labute approximate surface area is 113 Å². The number of benzene rings is 1. The van der Waals surface area contributed by atoms with Gasteiger partial charge in [-0.3, -0.25) is 9.00 Å². The molecule has 0 radical (unpaired) electrons. The minimum atomic E-state index is -1.07. The van der Waals surface area contributed by atoms with Crippen LogP contribution in [-0.2, 0) is 15.6 Å². The third kappa shape index (κ3) is 3.93. The van der Waals surface area contributed by atoms with Gasteiger partial charge in [0.2, 0.25) is 5.91 Å². The summed E-state index contributed by atoms with van der Waals surface area (Å²) >= 11 is 0. The molecule has 0 spiro atoms. The first-order chi connectivity index (χ1) is 9.15.